The Balaban J connectivity index is 1.78. The van der Waals surface area contributed by atoms with Gasteiger partial charge in [-0.3, -0.25) is 4.68 Å². The second-order valence-electron chi connectivity index (χ2n) is 9.53. The molecule has 0 aliphatic rings. The molecule has 4 aromatic rings. The number of hydrogen-bond acceptors (Lipinski definition) is 5. The number of fused-ring (bicyclic) bond motifs is 1. The predicted octanol–water partition coefficient (Wildman–Crippen LogP) is 6.99. The lowest BCUT2D eigenvalue weighted by molar-refractivity contribution is 0.653. The molecule has 36 heavy (non-hydrogen) atoms. The van der Waals surface area contributed by atoms with Crippen molar-refractivity contribution in [1.82, 2.24) is 19.7 Å². The van der Waals surface area contributed by atoms with Crippen LogP contribution in [0.4, 0.5) is 5.69 Å². The van der Waals surface area contributed by atoms with Gasteiger partial charge in [-0.15, -0.1) is 0 Å². The van der Waals surface area contributed by atoms with Crippen LogP contribution in [-0.2, 0) is 13.5 Å². The number of hydrogen-bond donors (Lipinski definition) is 1. The van der Waals surface area contributed by atoms with Gasteiger partial charge in [0.2, 0.25) is 0 Å². The summed E-state index contributed by atoms with van der Waals surface area (Å²) in [6.45, 7) is 8.34. The summed E-state index contributed by atoms with van der Waals surface area (Å²) in [5.74, 6) is 0.360. The van der Waals surface area contributed by atoms with E-state index in [1.54, 1.807) is 12.1 Å². The number of rotatable bonds is 8. The molecule has 0 spiro atoms. The predicted molar refractivity (Wildman–Crippen MR) is 146 cm³/mol. The number of benzene rings is 1. The molecule has 0 saturated heterocycles. The molecule has 0 aliphatic heterocycles. The molecule has 1 aromatic carbocycles. The topological polar surface area (TPSA) is 79.4 Å². The summed E-state index contributed by atoms with van der Waals surface area (Å²) in [6.07, 6.45) is 2.96. The third-order valence-electron chi connectivity index (χ3n) is 6.32. The molecule has 1 N–H and O–H groups in total. The van der Waals surface area contributed by atoms with E-state index in [0.29, 0.717) is 17.5 Å². The number of aromatic nitrogens is 4. The maximum Gasteiger partial charge on any atom is 0.158 e. The molecule has 0 aliphatic carbocycles. The van der Waals surface area contributed by atoms with E-state index < -0.39 is 0 Å². The van der Waals surface area contributed by atoms with Crippen molar-refractivity contribution >= 4 is 28.3 Å². The number of aryl methyl sites for hydroxylation is 3. The average molecular weight is 499 g/mol. The molecule has 0 amide bonds. The first-order chi connectivity index (χ1) is 17.2. The molecule has 1 unspecified atom stereocenters. The summed E-state index contributed by atoms with van der Waals surface area (Å²) in [6, 6.07) is 18.5. The Hall–Kier alpha value is -3.69. The first-order valence-corrected chi connectivity index (χ1v) is 12.5. The zero-order valence-electron chi connectivity index (χ0n) is 21.4. The van der Waals surface area contributed by atoms with E-state index in [-0.39, 0.29) is 5.92 Å². The summed E-state index contributed by atoms with van der Waals surface area (Å²) in [5, 5.41) is 19.2. The van der Waals surface area contributed by atoms with Gasteiger partial charge in [0.15, 0.2) is 5.65 Å². The van der Waals surface area contributed by atoms with Crippen molar-refractivity contribution in [2.75, 3.05) is 5.32 Å². The Morgan fingerprint density at radius 1 is 1.14 bits per heavy atom. The van der Waals surface area contributed by atoms with Gasteiger partial charge in [0.05, 0.1) is 11.8 Å². The monoisotopic (exact) mass is 498 g/mol. The van der Waals surface area contributed by atoms with E-state index in [1.165, 1.54) is 11.1 Å². The number of nitriles is 1. The third-order valence-corrected chi connectivity index (χ3v) is 6.51. The molecule has 6 nitrogen and oxygen atoms in total. The summed E-state index contributed by atoms with van der Waals surface area (Å²) >= 11 is 6.19. The van der Waals surface area contributed by atoms with Gasteiger partial charge in [0, 0.05) is 47.2 Å². The molecular formula is C29H31ClN6. The van der Waals surface area contributed by atoms with Crippen LogP contribution in [-0.4, -0.2) is 19.7 Å². The number of nitrogens with zero attached hydrogens (tertiary/aromatic N) is 5. The maximum absolute atomic E-state index is 9.56. The zero-order chi connectivity index (χ0) is 25.8. The van der Waals surface area contributed by atoms with Crippen molar-refractivity contribution < 1.29 is 0 Å². The van der Waals surface area contributed by atoms with Gasteiger partial charge in [0.25, 0.3) is 0 Å². The summed E-state index contributed by atoms with van der Waals surface area (Å²) in [5.41, 5.74) is 7.75. The minimum Gasteiger partial charge on any atom is -0.358 e. The van der Waals surface area contributed by atoms with Crippen molar-refractivity contribution in [3.8, 4) is 6.07 Å². The second kappa shape index (κ2) is 10.9. The van der Waals surface area contributed by atoms with Crippen LogP contribution in [0.15, 0.2) is 60.3 Å². The van der Waals surface area contributed by atoms with Gasteiger partial charge in [0.1, 0.15) is 5.15 Å². The van der Waals surface area contributed by atoms with Crippen molar-refractivity contribution in [2.45, 2.75) is 52.4 Å². The van der Waals surface area contributed by atoms with E-state index >= 15 is 0 Å². The van der Waals surface area contributed by atoms with Crippen LogP contribution in [0.5, 0.6) is 0 Å². The van der Waals surface area contributed by atoms with Crippen LogP contribution in [0.3, 0.4) is 0 Å². The van der Waals surface area contributed by atoms with E-state index in [0.717, 1.165) is 45.9 Å². The van der Waals surface area contributed by atoms with E-state index in [9.17, 15) is 5.26 Å². The Morgan fingerprint density at radius 2 is 1.89 bits per heavy atom. The molecule has 3 heterocycles. The van der Waals surface area contributed by atoms with Crippen molar-refractivity contribution in [3.63, 3.8) is 0 Å². The summed E-state index contributed by atoms with van der Waals surface area (Å²) < 4.78 is 1.87. The minimum absolute atomic E-state index is 0.0370. The molecule has 1 atom stereocenters. The van der Waals surface area contributed by atoms with Crippen LogP contribution in [0.2, 0.25) is 5.15 Å². The minimum atomic E-state index is 0.0370. The van der Waals surface area contributed by atoms with Gasteiger partial charge in [-0.05, 0) is 61.9 Å². The molecule has 4 rings (SSSR count). The lowest BCUT2D eigenvalue weighted by atomic mass is 9.88. The fourth-order valence-electron chi connectivity index (χ4n) is 4.72. The van der Waals surface area contributed by atoms with Crippen LogP contribution in [0.25, 0.3) is 11.0 Å². The molecular weight excluding hydrogens is 468 g/mol. The Bertz CT molecular complexity index is 1430. The van der Waals surface area contributed by atoms with E-state index in [2.05, 4.69) is 65.6 Å². The molecule has 0 saturated carbocycles. The Labute approximate surface area is 217 Å². The number of halogens is 1. The average Bonchev–Trinajstić information content (AvgIpc) is 3.11. The number of pyridine rings is 2. The van der Waals surface area contributed by atoms with Crippen LogP contribution in [0.1, 0.15) is 60.3 Å². The molecule has 7 heteroatoms. The third kappa shape index (κ3) is 5.75. The summed E-state index contributed by atoms with van der Waals surface area (Å²) in [7, 11) is 1.94. The highest BCUT2D eigenvalue weighted by Crippen LogP contribution is 2.34. The van der Waals surface area contributed by atoms with Crippen molar-refractivity contribution in [3.05, 3.63) is 93.7 Å². The molecule has 184 valence electrons. The highest BCUT2D eigenvalue weighted by molar-refractivity contribution is 6.29. The lowest BCUT2D eigenvalue weighted by Crippen LogP contribution is -2.12. The first kappa shape index (κ1) is 25.4. The fourth-order valence-corrected chi connectivity index (χ4v) is 4.97. The van der Waals surface area contributed by atoms with E-state index in [1.807, 2.05) is 37.7 Å². The fraction of sp³-hybridized carbons (Fsp3) is 0.310. The smallest absolute Gasteiger partial charge is 0.158 e. The van der Waals surface area contributed by atoms with Gasteiger partial charge in [-0.2, -0.15) is 10.4 Å². The van der Waals surface area contributed by atoms with Crippen LogP contribution < -0.4 is 5.32 Å². The highest BCUT2D eigenvalue weighted by atomic mass is 35.5. The van der Waals surface area contributed by atoms with E-state index in [4.69, 9.17) is 16.6 Å². The Kier molecular flexibility index (Phi) is 7.71. The van der Waals surface area contributed by atoms with Gasteiger partial charge in [-0.1, -0.05) is 55.8 Å². The SMILES string of the molecule is Cc1cc(N/C(=C\C#N)CC(Cc2ccccc2)c2cc(C(C)C)c3c(C)nn(C)c3n2)cc(Cl)n1. The zero-order valence-corrected chi connectivity index (χ0v) is 22.1. The first-order valence-electron chi connectivity index (χ1n) is 12.1. The van der Waals surface area contributed by atoms with Crippen molar-refractivity contribution in [2.24, 2.45) is 7.05 Å². The number of nitrogens with one attached hydrogen (secondary N) is 1. The van der Waals surface area contributed by atoms with Gasteiger partial charge < -0.3 is 5.32 Å². The summed E-state index contributed by atoms with van der Waals surface area (Å²) in [4.78, 5) is 9.36. The van der Waals surface area contributed by atoms with Crippen molar-refractivity contribution in [1.29, 1.82) is 5.26 Å². The quantitative estimate of drug-likeness (QED) is 0.209. The lowest BCUT2D eigenvalue weighted by Gasteiger charge is -2.21. The Morgan fingerprint density at radius 3 is 2.56 bits per heavy atom. The van der Waals surface area contributed by atoms with Gasteiger partial charge in [-0.25, -0.2) is 9.97 Å². The van der Waals surface area contributed by atoms with Crippen LogP contribution in [0, 0.1) is 25.2 Å². The highest BCUT2D eigenvalue weighted by Gasteiger charge is 2.22. The molecule has 3 aromatic heterocycles. The largest absolute Gasteiger partial charge is 0.358 e. The standard InChI is InChI=1S/C29H31ClN6/c1-18(2)25-17-26(34-29-28(25)20(4)35-36(29)5)22(14-21-9-7-6-8-10-21)15-23(11-12-31)33-24-13-19(3)32-27(30)16-24/h6-11,13,16-18,22H,14-15H2,1-5H3,(H,32,33)/b23-11-. The second-order valence-corrected chi connectivity index (χ2v) is 9.92. The van der Waals surface area contributed by atoms with Gasteiger partial charge >= 0.3 is 0 Å². The molecule has 0 radical (unpaired) electrons. The number of anilines is 1. The van der Waals surface area contributed by atoms with Crippen LogP contribution >= 0.6 is 11.6 Å². The maximum atomic E-state index is 9.56. The number of allylic oxidation sites excluding steroid dienone is 2. The molecule has 0 fully saturated rings. The normalized spacial score (nSPS) is 12.7. The molecule has 0 bridgehead atoms.